The molecule has 2 fully saturated rings. The molecule has 0 aromatic heterocycles. The summed E-state index contributed by atoms with van der Waals surface area (Å²) in [6.45, 7) is 1.06. The van der Waals surface area contributed by atoms with Crippen LogP contribution in [0.4, 0.5) is 0 Å². The van der Waals surface area contributed by atoms with Gasteiger partial charge in [-0.1, -0.05) is 30.3 Å². The Kier molecular flexibility index (Phi) is 3.79. The second-order valence-electron chi connectivity index (χ2n) is 6.44. The van der Waals surface area contributed by atoms with Crippen molar-refractivity contribution in [2.24, 2.45) is 0 Å². The highest BCUT2D eigenvalue weighted by Crippen LogP contribution is 2.38. The van der Waals surface area contributed by atoms with Crippen LogP contribution in [0.25, 0.3) is 10.8 Å². The van der Waals surface area contributed by atoms with E-state index in [9.17, 15) is 4.79 Å². The minimum atomic E-state index is -0.363. The topological polar surface area (TPSA) is 47.6 Å². The fourth-order valence-electron chi connectivity index (χ4n) is 3.53. The van der Waals surface area contributed by atoms with Crippen LogP contribution in [-0.2, 0) is 9.47 Å². The molecule has 4 heteroatoms. The number of carbonyl (C=O) groups is 1. The first kappa shape index (κ1) is 14.7. The smallest absolute Gasteiger partial charge is 0.251 e. The van der Waals surface area contributed by atoms with Crippen LogP contribution in [0, 0.1) is 0 Å². The van der Waals surface area contributed by atoms with Crippen molar-refractivity contribution in [3.05, 3.63) is 48.0 Å². The lowest BCUT2D eigenvalue weighted by atomic mass is 10.1. The summed E-state index contributed by atoms with van der Waals surface area (Å²) in [5.41, 5.74) is 0.679. The maximum Gasteiger partial charge on any atom is 0.251 e. The lowest BCUT2D eigenvalue weighted by Crippen LogP contribution is -2.35. The normalized spacial score (nSPS) is 22.7. The third-order valence-electron chi connectivity index (χ3n) is 4.78. The number of benzene rings is 2. The van der Waals surface area contributed by atoms with E-state index in [-0.39, 0.29) is 17.8 Å². The van der Waals surface area contributed by atoms with Gasteiger partial charge < -0.3 is 14.8 Å². The Morgan fingerprint density at radius 1 is 1.13 bits per heavy atom. The average Bonchev–Trinajstić information content (AvgIpc) is 3.22. The molecule has 1 heterocycles. The van der Waals surface area contributed by atoms with Crippen molar-refractivity contribution in [3.8, 4) is 0 Å². The van der Waals surface area contributed by atoms with E-state index in [1.54, 1.807) is 0 Å². The minimum Gasteiger partial charge on any atom is -0.349 e. The van der Waals surface area contributed by atoms with E-state index >= 15 is 0 Å². The summed E-state index contributed by atoms with van der Waals surface area (Å²) in [4.78, 5) is 12.4. The standard InChI is InChI=1S/C19H21NO3/c21-18(16-8-7-14-5-1-2-6-15(14)11-16)20-12-17-13-22-19(23-17)9-3-4-10-19/h1-2,5-8,11,17H,3-4,9-10,12-13H2,(H,20,21)/t17-/m1/s1. The van der Waals surface area contributed by atoms with E-state index in [2.05, 4.69) is 5.32 Å². The van der Waals surface area contributed by atoms with Crippen LogP contribution < -0.4 is 5.32 Å². The molecule has 1 saturated carbocycles. The van der Waals surface area contributed by atoms with Gasteiger partial charge >= 0.3 is 0 Å². The number of carbonyl (C=O) groups excluding carboxylic acids is 1. The number of hydrogen-bond acceptors (Lipinski definition) is 3. The zero-order valence-electron chi connectivity index (χ0n) is 13.1. The SMILES string of the molecule is O=C(NC[C@@H]1COC2(CCCC2)O1)c1ccc2ccccc2c1. The molecule has 2 aromatic rings. The van der Waals surface area contributed by atoms with Crippen molar-refractivity contribution >= 4 is 16.7 Å². The zero-order valence-corrected chi connectivity index (χ0v) is 13.1. The van der Waals surface area contributed by atoms with Crippen LogP contribution in [0.5, 0.6) is 0 Å². The van der Waals surface area contributed by atoms with E-state index in [1.165, 1.54) is 0 Å². The highest BCUT2D eigenvalue weighted by atomic mass is 16.7. The van der Waals surface area contributed by atoms with Crippen LogP contribution in [0.15, 0.2) is 42.5 Å². The number of ether oxygens (including phenoxy) is 2. The van der Waals surface area contributed by atoms with Gasteiger partial charge in [-0.15, -0.1) is 0 Å². The summed E-state index contributed by atoms with van der Waals surface area (Å²) in [5, 5.41) is 5.18. The van der Waals surface area contributed by atoms with E-state index in [4.69, 9.17) is 9.47 Å². The van der Waals surface area contributed by atoms with Crippen LogP contribution in [0.1, 0.15) is 36.0 Å². The summed E-state index contributed by atoms with van der Waals surface area (Å²) in [6, 6.07) is 13.8. The second-order valence-corrected chi connectivity index (χ2v) is 6.44. The monoisotopic (exact) mass is 311 g/mol. The molecule has 1 N–H and O–H groups in total. The van der Waals surface area contributed by atoms with E-state index in [1.807, 2.05) is 42.5 Å². The van der Waals surface area contributed by atoms with Gasteiger partial charge in [-0.25, -0.2) is 0 Å². The van der Waals surface area contributed by atoms with Gasteiger partial charge in [-0.05, 0) is 35.7 Å². The number of nitrogens with one attached hydrogen (secondary N) is 1. The molecule has 0 unspecified atom stereocenters. The van der Waals surface area contributed by atoms with Crippen molar-refractivity contribution in [2.45, 2.75) is 37.6 Å². The maximum atomic E-state index is 12.4. The maximum absolute atomic E-state index is 12.4. The average molecular weight is 311 g/mol. The third-order valence-corrected chi connectivity index (χ3v) is 4.78. The van der Waals surface area contributed by atoms with Gasteiger partial charge in [0.05, 0.1) is 6.61 Å². The first-order valence-electron chi connectivity index (χ1n) is 8.33. The lowest BCUT2D eigenvalue weighted by molar-refractivity contribution is -0.161. The van der Waals surface area contributed by atoms with Crippen molar-refractivity contribution in [1.82, 2.24) is 5.32 Å². The molecule has 4 rings (SSSR count). The van der Waals surface area contributed by atoms with Crippen LogP contribution in [-0.4, -0.2) is 30.9 Å². The zero-order chi connectivity index (χ0) is 15.7. The van der Waals surface area contributed by atoms with E-state index in [0.717, 1.165) is 36.5 Å². The predicted octanol–water partition coefficient (Wildman–Crippen LogP) is 3.26. The summed E-state index contributed by atoms with van der Waals surface area (Å²) in [5.74, 6) is -0.426. The Balaban J connectivity index is 1.38. The number of amides is 1. The van der Waals surface area contributed by atoms with E-state index < -0.39 is 0 Å². The molecule has 23 heavy (non-hydrogen) atoms. The fraction of sp³-hybridized carbons (Fsp3) is 0.421. The first-order chi connectivity index (χ1) is 11.2. The molecule has 1 atom stereocenters. The number of fused-ring (bicyclic) bond motifs is 1. The molecular formula is C19H21NO3. The molecule has 4 nitrogen and oxygen atoms in total. The van der Waals surface area contributed by atoms with Gasteiger partial charge in [0.1, 0.15) is 6.10 Å². The van der Waals surface area contributed by atoms with Crippen molar-refractivity contribution in [1.29, 1.82) is 0 Å². The van der Waals surface area contributed by atoms with Gasteiger partial charge in [-0.3, -0.25) is 4.79 Å². The van der Waals surface area contributed by atoms with Gasteiger partial charge in [0, 0.05) is 24.9 Å². The lowest BCUT2D eigenvalue weighted by Gasteiger charge is -2.21. The predicted molar refractivity (Wildman–Crippen MR) is 88.3 cm³/mol. The van der Waals surface area contributed by atoms with Crippen LogP contribution in [0.2, 0.25) is 0 Å². The summed E-state index contributed by atoms with van der Waals surface area (Å²) < 4.78 is 11.9. The van der Waals surface area contributed by atoms with Crippen molar-refractivity contribution in [2.75, 3.05) is 13.2 Å². The highest BCUT2D eigenvalue weighted by molar-refractivity contribution is 5.98. The summed E-state index contributed by atoms with van der Waals surface area (Å²) >= 11 is 0. The minimum absolute atomic E-state index is 0.0440. The van der Waals surface area contributed by atoms with Crippen LogP contribution >= 0.6 is 0 Å². The Morgan fingerprint density at radius 3 is 2.74 bits per heavy atom. The Bertz CT molecular complexity index is 721. The Morgan fingerprint density at radius 2 is 1.91 bits per heavy atom. The number of hydrogen-bond donors (Lipinski definition) is 1. The van der Waals surface area contributed by atoms with Gasteiger partial charge in [-0.2, -0.15) is 0 Å². The fourth-order valence-corrected chi connectivity index (χ4v) is 3.53. The largest absolute Gasteiger partial charge is 0.349 e. The van der Waals surface area contributed by atoms with Crippen molar-refractivity contribution in [3.63, 3.8) is 0 Å². The van der Waals surface area contributed by atoms with Crippen molar-refractivity contribution < 1.29 is 14.3 Å². The molecule has 1 aliphatic carbocycles. The Hall–Kier alpha value is -1.91. The third kappa shape index (κ3) is 2.96. The molecule has 120 valence electrons. The van der Waals surface area contributed by atoms with Gasteiger partial charge in [0.2, 0.25) is 0 Å². The van der Waals surface area contributed by atoms with E-state index in [0.29, 0.717) is 18.7 Å². The second kappa shape index (κ2) is 5.95. The molecule has 1 spiro atoms. The van der Waals surface area contributed by atoms with Gasteiger partial charge in [0.15, 0.2) is 5.79 Å². The molecule has 1 amide bonds. The summed E-state index contributed by atoms with van der Waals surface area (Å²) in [6.07, 6.45) is 4.23. The highest BCUT2D eigenvalue weighted by Gasteiger charge is 2.43. The van der Waals surface area contributed by atoms with Gasteiger partial charge in [0.25, 0.3) is 5.91 Å². The first-order valence-corrected chi connectivity index (χ1v) is 8.33. The molecule has 0 radical (unpaired) electrons. The summed E-state index contributed by atoms with van der Waals surface area (Å²) in [7, 11) is 0. The molecule has 1 aliphatic heterocycles. The quantitative estimate of drug-likeness (QED) is 0.946. The molecule has 1 saturated heterocycles. The molecule has 0 bridgehead atoms. The Labute approximate surface area is 135 Å². The number of rotatable bonds is 3. The molecular weight excluding hydrogens is 290 g/mol. The molecule has 2 aromatic carbocycles. The van der Waals surface area contributed by atoms with Crippen LogP contribution in [0.3, 0.4) is 0 Å². The molecule has 2 aliphatic rings.